The minimum absolute atomic E-state index is 0.00153. The molecule has 0 unspecified atom stereocenters. The first-order chi connectivity index (χ1) is 22.9. The van der Waals surface area contributed by atoms with Crippen molar-refractivity contribution in [3.8, 4) is 41.2 Å². The number of alkyl halides is 1. The molecule has 0 bridgehead atoms. The van der Waals surface area contributed by atoms with Crippen LogP contribution < -0.4 is 19.1 Å². The Bertz CT molecular complexity index is 1940. The summed E-state index contributed by atoms with van der Waals surface area (Å²) in [5.41, 5.74) is -0.425. The van der Waals surface area contributed by atoms with E-state index < -0.39 is 23.3 Å². The second kappa shape index (κ2) is 11.7. The lowest BCUT2D eigenvalue weighted by molar-refractivity contribution is 0.0512. The molecule has 4 aliphatic heterocycles. The van der Waals surface area contributed by atoms with Crippen molar-refractivity contribution >= 4 is 27.5 Å². The van der Waals surface area contributed by atoms with Crippen LogP contribution in [0.1, 0.15) is 44.1 Å². The summed E-state index contributed by atoms with van der Waals surface area (Å²) >= 11 is 0. The topological polar surface area (TPSA) is 82.1 Å². The van der Waals surface area contributed by atoms with E-state index in [4.69, 9.17) is 35.3 Å². The molecule has 0 N–H and O–H groups in total. The molecular weight excluding hydrogens is 611 g/mol. The molecule has 0 amide bonds. The molecule has 12 heteroatoms. The number of hydrogen-bond acceptors (Lipinski definition) is 9. The van der Waals surface area contributed by atoms with Gasteiger partial charge in [0, 0.05) is 37.6 Å². The maximum Gasteiger partial charge on any atom is 0.319 e. The highest BCUT2D eigenvalue weighted by Crippen LogP contribution is 2.45. The number of anilines is 1. The number of terminal acetylenes is 1. The Morgan fingerprint density at radius 3 is 2.83 bits per heavy atom. The van der Waals surface area contributed by atoms with Crippen LogP contribution in [0.4, 0.5) is 19.0 Å². The molecule has 8 rings (SSSR count). The fraction of sp³-hybridized carbons (Fsp3) is 0.457. The van der Waals surface area contributed by atoms with E-state index in [0.717, 1.165) is 38.6 Å². The van der Waals surface area contributed by atoms with Gasteiger partial charge in [0.25, 0.3) is 0 Å². The van der Waals surface area contributed by atoms with E-state index in [-0.39, 0.29) is 53.7 Å². The van der Waals surface area contributed by atoms with Crippen molar-refractivity contribution in [3.05, 3.63) is 41.5 Å². The summed E-state index contributed by atoms with van der Waals surface area (Å²) in [4.78, 5) is 18.4. The Morgan fingerprint density at radius 1 is 1.09 bits per heavy atom. The third-order valence-corrected chi connectivity index (χ3v) is 10.0. The standard InChI is InChI=1S/C35H34F3N5O4/c1-3-24-26(37)9-8-20-13-23(47-19-44-2)14-25(27(20)24)30-29(38)31-28-32(43-12-5-4-7-22(43)17-45-33(28)39-30)41-34(40-31)46-18-35-10-6-11-42(35)16-21(36)15-35/h1,8-9,13-14,21-22H,4-7,10-12,15-19H2,2H3/t21-,22+,35+/m1/s1. The number of ether oxygens (including phenoxy) is 4. The number of pyridine rings is 1. The second-order valence-corrected chi connectivity index (χ2v) is 12.8. The fourth-order valence-electron chi connectivity index (χ4n) is 7.89. The van der Waals surface area contributed by atoms with Crippen LogP contribution in [0.2, 0.25) is 0 Å². The Labute approximate surface area is 270 Å². The molecule has 4 aliphatic rings. The Hall–Kier alpha value is -4.34. The zero-order chi connectivity index (χ0) is 32.3. The lowest BCUT2D eigenvalue weighted by Crippen LogP contribution is -2.44. The third-order valence-electron chi connectivity index (χ3n) is 10.0. The molecule has 0 spiro atoms. The lowest BCUT2D eigenvalue weighted by Gasteiger charge is -2.35. The van der Waals surface area contributed by atoms with Gasteiger partial charge in [0.05, 0.1) is 17.1 Å². The first kappa shape index (κ1) is 30.0. The van der Waals surface area contributed by atoms with Gasteiger partial charge < -0.3 is 23.8 Å². The molecular formula is C35H34F3N5O4. The van der Waals surface area contributed by atoms with Crippen molar-refractivity contribution in [2.45, 2.75) is 56.3 Å². The minimum Gasteiger partial charge on any atom is -0.475 e. The first-order valence-corrected chi connectivity index (χ1v) is 16.1. The van der Waals surface area contributed by atoms with Crippen LogP contribution >= 0.6 is 0 Å². The van der Waals surface area contributed by atoms with E-state index >= 15 is 8.78 Å². The van der Waals surface area contributed by atoms with E-state index in [1.54, 1.807) is 18.2 Å². The lowest BCUT2D eigenvalue weighted by atomic mass is 9.95. The number of rotatable bonds is 7. The molecule has 4 aromatic rings. The highest BCUT2D eigenvalue weighted by molar-refractivity contribution is 6.04. The quantitative estimate of drug-likeness (QED) is 0.183. The van der Waals surface area contributed by atoms with Crippen molar-refractivity contribution in [2.24, 2.45) is 0 Å². The number of hydrogen-bond donors (Lipinski definition) is 0. The summed E-state index contributed by atoms with van der Waals surface area (Å²) in [5.74, 6) is 2.05. The summed E-state index contributed by atoms with van der Waals surface area (Å²) in [7, 11) is 1.49. The number of nitrogens with zero attached hydrogens (tertiary/aromatic N) is 5. The summed E-state index contributed by atoms with van der Waals surface area (Å²) in [6.07, 6.45) is 9.85. The monoisotopic (exact) mass is 645 g/mol. The maximum atomic E-state index is 17.1. The maximum absolute atomic E-state index is 17.1. The molecule has 244 valence electrons. The number of halogens is 3. The Balaban J connectivity index is 1.33. The summed E-state index contributed by atoms with van der Waals surface area (Å²) in [6.45, 7) is 2.35. The molecule has 3 saturated heterocycles. The SMILES string of the molecule is C#Cc1c(F)ccc2cc(OCOC)cc(-c3nc4c5c(nc(OC[C@@]67CCCN6C[C@H](F)C7)nc5c3F)N3CCCC[C@H]3CO4)c12. The van der Waals surface area contributed by atoms with Gasteiger partial charge in [-0.3, -0.25) is 4.90 Å². The van der Waals surface area contributed by atoms with E-state index in [2.05, 4.69) is 20.7 Å². The number of methoxy groups -OCH3 is 1. The van der Waals surface area contributed by atoms with Gasteiger partial charge in [-0.05, 0) is 62.2 Å². The second-order valence-electron chi connectivity index (χ2n) is 12.8. The van der Waals surface area contributed by atoms with Gasteiger partial charge in [-0.2, -0.15) is 9.97 Å². The highest BCUT2D eigenvalue weighted by Gasteiger charge is 2.49. The van der Waals surface area contributed by atoms with Crippen molar-refractivity contribution in [2.75, 3.05) is 51.7 Å². The number of aromatic nitrogens is 3. The van der Waals surface area contributed by atoms with Crippen molar-refractivity contribution in [3.63, 3.8) is 0 Å². The Kier molecular flexibility index (Phi) is 7.49. The van der Waals surface area contributed by atoms with E-state index in [1.807, 2.05) is 0 Å². The van der Waals surface area contributed by atoms with Gasteiger partial charge in [-0.25, -0.2) is 18.2 Å². The average molecular weight is 646 g/mol. The van der Waals surface area contributed by atoms with Crippen molar-refractivity contribution in [1.29, 1.82) is 0 Å². The van der Waals surface area contributed by atoms with Crippen LogP contribution in [0.5, 0.6) is 17.6 Å². The zero-order valence-corrected chi connectivity index (χ0v) is 26.0. The summed E-state index contributed by atoms with van der Waals surface area (Å²) < 4.78 is 70.1. The first-order valence-electron chi connectivity index (χ1n) is 16.1. The van der Waals surface area contributed by atoms with E-state index in [0.29, 0.717) is 53.8 Å². The summed E-state index contributed by atoms with van der Waals surface area (Å²) in [6, 6.07) is 6.07. The predicted octanol–water partition coefficient (Wildman–Crippen LogP) is 5.79. The van der Waals surface area contributed by atoms with Crippen LogP contribution in [0, 0.1) is 24.0 Å². The number of fused-ring (bicyclic) bond motifs is 4. The third kappa shape index (κ3) is 4.98. The van der Waals surface area contributed by atoms with Gasteiger partial charge in [0.1, 0.15) is 53.4 Å². The molecule has 0 saturated carbocycles. The normalized spacial score (nSPS) is 23.7. The van der Waals surface area contributed by atoms with Gasteiger partial charge in [0.15, 0.2) is 12.6 Å². The van der Waals surface area contributed by atoms with Crippen molar-refractivity contribution < 1.29 is 32.1 Å². The fourth-order valence-corrected chi connectivity index (χ4v) is 7.89. The predicted molar refractivity (Wildman–Crippen MR) is 170 cm³/mol. The van der Waals surface area contributed by atoms with Crippen LogP contribution in [0.3, 0.4) is 0 Å². The van der Waals surface area contributed by atoms with Gasteiger partial charge in [-0.15, -0.1) is 6.42 Å². The molecule has 6 heterocycles. The molecule has 0 radical (unpaired) electrons. The smallest absolute Gasteiger partial charge is 0.319 e. The minimum atomic E-state index is -0.919. The molecule has 2 aromatic heterocycles. The van der Waals surface area contributed by atoms with Crippen LogP contribution in [-0.2, 0) is 4.74 Å². The van der Waals surface area contributed by atoms with E-state index in [1.165, 1.54) is 13.2 Å². The zero-order valence-electron chi connectivity index (χ0n) is 26.0. The van der Waals surface area contributed by atoms with Crippen LogP contribution in [0.15, 0.2) is 24.3 Å². The number of benzene rings is 2. The summed E-state index contributed by atoms with van der Waals surface area (Å²) in [5, 5.41) is 1.17. The molecule has 9 nitrogen and oxygen atoms in total. The highest BCUT2D eigenvalue weighted by atomic mass is 19.1. The van der Waals surface area contributed by atoms with Gasteiger partial charge in [0.2, 0.25) is 5.88 Å². The van der Waals surface area contributed by atoms with Crippen molar-refractivity contribution in [1.82, 2.24) is 19.9 Å². The average Bonchev–Trinajstić information content (AvgIpc) is 3.56. The largest absolute Gasteiger partial charge is 0.475 e. The molecule has 0 aliphatic carbocycles. The van der Waals surface area contributed by atoms with Gasteiger partial charge in [-0.1, -0.05) is 12.0 Å². The molecule has 3 fully saturated rings. The van der Waals surface area contributed by atoms with Crippen LogP contribution in [-0.4, -0.2) is 84.4 Å². The number of piperidine rings is 1. The van der Waals surface area contributed by atoms with Gasteiger partial charge >= 0.3 is 6.01 Å². The Morgan fingerprint density at radius 2 is 1.98 bits per heavy atom. The molecule has 3 atom stereocenters. The molecule has 2 aromatic carbocycles. The molecule has 47 heavy (non-hydrogen) atoms. The van der Waals surface area contributed by atoms with Crippen LogP contribution in [0.25, 0.3) is 32.9 Å². The van der Waals surface area contributed by atoms with E-state index in [9.17, 15) is 4.39 Å².